The van der Waals surface area contributed by atoms with Gasteiger partial charge in [-0.25, -0.2) is 4.98 Å². The molecule has 1 aromatic carbocycles. The van der Waals surface area contributed by atoms with E-state index >= 15 is 0 Å². The zero-order chi connectivity index (χ0) is 18.2. The molecule has 0 aliphatic carbocycles. The summed E-state index contributed by atoms with van der Waals surface area (Å²) in [5, 5.41) is 9.80. The number of carbonyl (C=O) groups is 3. The van der Waals surface area contributed by atoms with Crippen molar-refractivity contribution >= 4 is 52.2 Å². The van der Waals surface area contributed by atoms with E-state index in [9.17, 15) is 14.4 Å². The summed E-state index contributed by atoms with van der Waals surface area (Å²) in [6, 6.07) is 6.88. The first kappa shape index (κ1) is 18.9. The van der Waals surface area contributed by atoms with Crippen molar-refractivity contribution in [2.24, 2.45) is 0 Å². The monoisotopic (exact) mass is 378 g/mol. The summed E-state index contributed by atoms with van der Waals surface area (Å²) in [7, 11) is 1.58. The molecule has 0 radical (unpaired) electrons. The van der Waals surface area contributed by atoms with E-state index in [-0.39, 0.29) is 29.9 Å². The van der Waals surface area contributed by atoms with Crippen molar-refractivity contribution in [3.05, 3.63) is 35.3 Å². The van der Waals surface area contributed by atoms with Gasteiger partial charge in [-0.2, -0.15) is 0 Å². The average Bonchev–Trinajstić information content (AvgIpc) is 3.01. The van der Waals surface area contributed by atoms with Gasteiger partial charge in [-0.05, 0) is 24.3 Å². The number of thiazole rings is 1. The lowest BCUT2D eigenvalue weighted by atomic mass is 10.3. The molecule has 1 heterocycles. The highest BCUT2D eigenvalue weighted by molar-refractivity contribution is 8.01. The Morgan fingerprint density at radius 2 is 1.72 bits per heavy atom. The second-order valence-electron chi connectivity index (χ2n) is 5.05. The quantitative estimate of drug-likeness (QED) is 0.641. The summed E-state index contributed by atoms with van der Waals surface area (Å²) in [6.45, 7) is 1.44. The van der Waals surface area contributed by atoms with Crippen LogP contribution in [0.15, 0.2) is 34.0 Å². The molecule has 0 aliphatic heterocycles. The highest BCUT2D eigenvalue weighted by Gasteiger charge is 2.09. The predicted octanol–water partition coefficient (Wildman–Crippen LogP) is 2.12. The number of thioether (sulfide) groups is 1. The molecular formula is C16H18N4O3S2. The molecule has 2 rings (SSSR count). The molecule has 1 aromatic heterocycles. The molecule has 2 aromatic rings. The fraction of sp³-hybridized carbons (Fsp3) is 0.250. The number of anilines is 2. The van der Waals surface area contributed by atoms with E-state index in [2.05, 4.69) is 20.9 Å². The number of aromatic nitrogens is 1. The fourth-order valence-corrected chi connectivity index (χ4v) is 3.50. The van der Waals surface area contributed by atoms with E-state index in [0.29, 0.717) is 17.1 Å². The smallest absolute Gasteiger partial charge is 0.234 e. The van der Waals surface area contributed by atoms with E-state index in [1.807, 2.05) is 5.38 Å². The summed E-state index contributed by atoms with van der Waals surface area (Å²) >= 11 is 2.73. The van der Waals surface area contributed by atoms with Gasteiger partial charge in [0.25, 0.3) is 0 Å². The van der Waals surface area contributed by atoms with Crippen LogP contribution in [0, 0.1) is 0 Å². The largest absolute Gasteiger partial charge is 0.359 e. The minimum absolute atomic E-state index is 0.0951. The summed E-state index contributed by atoms with van der Waals surface area (Å²) in [4.78, 5) is 38.6. The average molecular weight is 378 g/mol. The Hall–Kier alpha value is -2.39. The van der Waals surface area contributed by atoms with E-state index in [1.54, 1.807) is 31.3 Å². The first-order valence-corrected chi connectivity index (χ1v) is 9.28. The van der Waals surface area contributed by atoms with Crippen LogP contribution in [0.1, 0.15) is 12.6 Å². The van der Waals surface area contributed by atoms with Crippen LogP contribution < -0.4 is 16.0 Å². The molecule has 0 unspecified atom stereocenters. The van der Waals surface area contributed by atoms with Crippen molar-refractivity contribution in [2.45, 2.75) is 17.7 Å². The standard InChI is InChI=1S/C16H18N4O3S2/c1-10(21)18-11-3-5-12(6-4-11)19-15(23)9-25-16-20-13(8-24-16)7-14(22)17-2/h3-6,8H,7,9H2,1-2H3,(H,17,22)(H,18,21)(H,19,23). The van der Waals surface area contributed by atoms with Crippen LogP contribution >= 0.6 is 23.1 Å². The van der Waals surface area contributed by atoms with Crippen LogP contribution in [0.5, 0.6) is 0 Å². The number of nitrogens with zero attached hydrogens (tertiary/aromatic N) is 1. The van der Waals surface area contributed by atoms with Crippen LogP contribution in [0.25, 0.3) is 0 Å². The SMILES string of the molecule is CNC(=O)Cc1csc(SCC(=O)Nc2ccc(NC(C)=O)cc2)n1. The Kier molecular flexibility index (Phi) is 6.96. The fourth-order valence-electron chi connectivity index (χ4n) is 1.85. The van der Waals surface area contributed by atoms with Crippen molar-refractivity contribution in [3.8, 4) is 0 Å². The summed E-state index contributed by atoms with van der Waals surface area (Å²) in [5.74, 6) is -0.171. The Balaban J connectivity index is 1.80. The Labute approximate surface area is 153 Å². The number of carbonyl (C=O) groups excluding carboxylic acids is 3. The molecule has 0 aliphatic rings. The Morgan fingerprint density at radius 1 is 1.08 bits per heavy atom. The number of nitrogens with one attached hydrogen (secondary N) is 3. The van der Waals surface area contributed by atoms with Gasteiger partial charge in [-0.1, -0.05) is 11.8 Å². The number of hydrogen-bond acceptors (Lipinski definition) is 6. The van der Waals surface area contributed by atoms with Crippen LogP contribution in [-0.2, 0) is 20.8 Å². The molecule has 9 heteroatoms. The van der Waals surface area contributed by atoms with E-state index in [4.69, 9.17) is 0 Å². The topological polar surface area (TPSA) is 100 Å². The zero-order valence-electron chi connectivity index (χ0n) is 13.8. The Morgan fingerprint density at radius 3 is 2.32 bits per heavy atom. The number of hydrogen-bond donors (Lipinski definition) is 3. The van der Waals surface area contributed by atoms with Gasteiger partial charge in [0.05, 0.1) is 17.9 Å². The van der Waals surface area contributed by atoms with Gasteiger partial charge in [0.1, 0.15) is 0 Å². The van der Waals surface area contributed by atoms with Gasteiger partial charge in [0.15, 0.2) is 4.34 Å². The number of benzene rings is 1. The van der Waals surface area contributed by atoms with Crippen LogP contribution in [0.3, 0.4) is 0 Å². The van der Waals surface area contributed by atoms with Crippen LogP contribution in [0.4, 0.5) is 11.4 Å². The summed E-state index contributed by atoms with van der Waals surface area (Å²) in [5.41, 5.74) is 2.02. The number of likely N-dealkylation sites (N-methyl/N-ethyl adjacent to an activating group) is 1. The molecule has 0 saturated heterocycles. The molecule has 0 saturated carbocycles. The molecule has 7 nitrogen and oxygen atoms in total. The van der Waals surface area contributed by atoms with Crippen molar-refractivity contribution in [2.75, 3.05) is 23.4 Å². The maximum absolute atomic E-state index is 12.0. The minimum Gasteiger partial charge on any atom is -0.359 e. The van der Waals surface area contributed by atoms with Gasteiger partial charge < -0.3 is 16.0 Å². The Bertz CT molecular complexity index is 759. The zero-order valence-corrected chi connectivity index (χ0v) is 15.4. The molecule has 132 valence electrons. The van der Waals surface area contributed by atoms with Gasteiger partial charge in [-0.3, -0.25) is 14.4 Å². The third-order valence-electron chi connectivity index (χ3n) is 2.97. The molecule has 3 N–H and O–H groups in total. The van der Waals surface area contributed by atoms with Crippen molar-refractivity contribution in [1.29, 1.82) is 0 Å². The van der Waals surface area contributed by atoms with Gasteiger partial charge >= 0.3 is 0 Å². The van der Waals surface area contributed by atoms with Gasteiger partial charge in [0.2, 0.25) is 17.7 Å². The third-order valence-corrected chi connectivity index (χ3v) is 5.04. The highest BCUT2D eigenvalue weighted by Crippen LogP contribution is 2.23. The van der Waals surface area contributed by atoms with Crippen molar-refractivity contribution in [1.82, 2.24) is 10.3 Å². The second kappa shape index (κ2) is 9.19. The normalized spacial score (nSPS) is 10.2. The lowest BCUT2D eigenvalue weighted by Crippen LogP contribution is -2.20. The molecule has 0 spiro atoms. The van der Waals surface area contributed by atoms with E-state index in [0.717, 1.165) is 4.34 Å². The summed E-state index contributed by atoms with van der Waals surface area (Å²) in [6.07, 6.45) is 0.237. The summed E-state index contributed by atoms with van der Waals surface area (Å²) < 4.78 is 0.745. The number of rotatable bonds is 7. The minimum atomic E-state index is -0.152. The lowest BCUT2D eigenvalue weighted by Gasteiger charge is -2.06. The number of amides is 3. The molecule has 25 heavy (non-hydrogen) atoms. The van der Waals surface area contributed by atoms with E-state index in [1.165, 1.54) is 30.0 Å². The lowest BCUT2D eigenvalue weighted by molar-refractivity contribution is -0.120. The van der Waals surface area contributed by atoms with Gasteiger partial charge in [-0.15, -0.1) is 11.3 Å². The predicted molar refractivity (Wildman–Crippen MR) is 100.0 cm³/mol. The maximum atomic E-state index is 12.0. The molecule has 0 bridgehead atoms. The first-order valence-electron chi connectivity index (χ1n) is 7.41. The third kappa shape index (κ3) is 6.55. The van der Waals surface area contributed by atoms with Crippen molar-refractivity contribution < 1.29 is 14.4 Å². The molecule has 3 amide bonds. The maximum Gasteiger partial charge on any atom is 0.234 e. The van der Waals surface area contributed by atoms with Crippen LogP contribution in [0.2, 0.25) is 0 Å². The molecule has 0 fully saturated rings. The highest BCUT2D eigenvalue weighted by atomic mass is 32.2. The van der Waals surface area contributed by atoms with Crippen LogP contribution in [-0.4, -0.2) is 35.5 Å². The van der Waals surface area contributed by atoms with E-state index < -0.39 is 0 Å². The first-order chi connectivity index (χ1) is 12.0. The second-order valence-corrected chi connectivity index (χ2v) is 7.13. The van der Waals surface area contributed by atoms with Gasteiger partial charge in [0, 0.05) is 30.7 Å². The molecule has 0 atom stereocenters. The van der Waals surface area contributed by atoms with Crippen molar-refractivity contribution in [3.63, 3.8) is 0 Å². The molecular weight excluding hydrogens is 360 g/mol.